The number of carboxylic acid groups (broad SMARTS) is 1. The van der Waals surface area contributed by atoms with Gasteiger partial charge in [-0.1, -0.05) is 0 Å². The number of aryl methyl sites for hydroxylation is 1. The van der Waals surface area contributed by atoms with Gasteiger partial charge in [0.1, 0.15) is 0 Å². The number of rotatable bonds is 4. The smallest absolute Gasteiger partial charge is 0.356 e. The topological polar surface area (TPSA) is 67.2 Å². The van der Waals surface area contributed by atoms with Gasteiger partial charge in [0, 0.05) is 18.8 Å². The van der Waals surface area contributed by atoms with Crippen LogP contribution in [0.3, 0.4) is 0 Å². The fourth-order valence-corrected chi connectivity index (χ4v) is 1.29. The van der Waals surface area contributed by atoms with E-state index < -0.39 is 5.97 Å². The molecule has 0 aromatic carbocycles. The van der Waals surface area contributed by atoms with Crippen LogP contribution < -0.4 is 5.32 Å². The van der Waals surface area contributed by atoms with Crippen LogP contribution in [-0.2, 0) is 6.54 Å². The summed E-state index contributed by atoms with van der Waals surface area (Å²) in [5.41, 5.74) is 0.106. The van der Waals surface area contributed by atoms with Crippen molar-refractivity contribution in [2.45, 2.75) is 32.4 Å². The highest BCUT2D eigenvalue weighted by Crippen LogP contribution is 2.24. The van der Waals surface area contributed by atoms with E-state index in [1.807, 2.05) is 11.5 Å². The lowest BCUT2D eigenvalue weighted by Gasteiger charge is -2.04. The standard InChI is InChI=1S/C9H13N3O2/c1-2-12-5-7(8(13)14)11-9(12)10-6-3-4-6/h5-6H,2-4H2,1H3,(H,10,11)(H,13,14). The molecular weight excluding hydrogens is 182 g/mol. The zero-order valence-electron chi connectivity index (χ0n) is 8.03. The maximum absolute atomic E-state index is 10.7. The number of imidazole rings is 1. The largest absolute Gasteiger partial charge is 0.476 e. The summed E-state index contributed by atoms with van der Waals surface area (Å²) < 4.78 is 1.82. The van der Waals surface area contributed by atoms with E-state index in [0.717, 1.165) is 19.4 Å². The Bertz CT molecular complexity index is 355. The minimum absolute atomic E-state index is 0.106. The Morgan fingerprint density at radius 3 is 3.00 bits per heavy atom. The highest BCUT2D eigenvalue weighted by Gasteiger charge is 2.23. The third kappa shape index (κ3) is 1.71. The molecular formula is C9H13N3O2. The maximum atomic E-state index is 10.7. The third-order valence-corrected chi connectivity index (χ3v) is 2.25. The van der Waals surface area contributed by atoms with Crippen molar-refractivity contribution in [1.82, 2.24) is 9.55 Å². The fourth-order valence-electron chi connectivity index (χ4n) is 1.29. The number of carbonyl (C=O) groups is 1. The van der Waals surface area contributed by atoms with E-state index in [2.05, 4.69) is 10.3 Å². The van der Waals surface area contributed by atoms with E-state index >= 15 is 0 Å². The Morgan fingerprint density at radius 1 is 1.79 bits per heavy atom. The lowest BCUT2D eigenvalue weighted by atomic mass is 10.5. The van der Waals surface area contributed by atoms with Crippen LogP contribution in [0.5, 0.6) is 0 Å². The molecule has 5 nitrogen and oxygen atoms in total. The van der Waals surface area contributed by atoms with Crippen LogP contribution in [0, 0.1) is 0 Å². The third-order valence-electron chi connectivity index (χ3n) is 2.25. The molecule has 0 bridgehead atoms. The number of anilines is 1. The molecule has 1 aliphatic rings. The summed E-state index contributed by atoms with van der Waals surface area (Å²) in [5, 5.41) is 12.0. The van der Waals surface area contributed by atoms with Gasteiger partial charge in [0.05, 0.1) is 0 Å². The van der Waals surface area contributed by atoms with Crippen molar-refractivity contribution < 1.29 is 9.90 Å². The SMILES string of the molecule is CCn1cc(C(=O)O)nc1NC1CC1. The summed E-state index contributed by atoms with van der Waals surface area (Å²) >= 11 is 0. The van der Waals surface area contributed by atoms with Crippen molar-refractivity contribution in [3.8, 4) is 0 Å². The van der Waals surface area contributed by atoms with Crippen LogP contribution in [-0.4, -0.2) is 26.7 Å². The van der Waals surface area contributed by atoms with Crippen LogP contribution in [0.25, 0.3) is 0 Å². The average molecular weight is 195 g/mol. The molecule has 1 aromatic rings. The summed E-state index contributed by atoms with van der Waals surface area (Å²) in [6, 6.07) is 0.490. The quantitative estimate of drug-likeness (QED) is 0.757. The molecule has 1 saturated carbocycles. The van der Waals surface area contributed by atoms with Gasteiger partial charge in [-0.15, -0.1) is 0 Å². The first-order valence-electron chi connectivity index (χ1n) is 4.77. The Hall–Kier alpha value is -1.52. The molecule has 14 heavy (non-hydrogen) atoms. The first-order valence-corrected chi connectivity index (χ1v) is 4.77. The Balaban J connectivity index is 2.21. The van der Waals surface area contributed by atoms with Crippen LogP contribution in [0.4, 0.5) is 5.95 Å². The second-order valence-electron chi connectivity index (χ2n) is 3.46. The van der Waals surface area contributed by atoms with Crippen LogP contribution in [0.15, 0.2) is 6.20 Å². The van der Waals surface area contributed by atoms with Gasteiger partial charge in [-0.05, 0) is 19.8 Å². The van der Waals surface area contributed by atoms with Gasteiger partial charge in [0.2, 0.25) is 5.95 Å². The molecule has 76 valence electrons. The van der Waals surface area contributed by atoms with Crippen molar-refractivity contribution in [3.05, 3.63) is 11.9 Å². The van der Waals surface area contributed by atoms with Crippen LogP contribution >= 0.6 is 0 Å². The summed E-state index contributed by atoms with van der Waals surface area (Å²) in [6.07, 6.45) is 3.87. The van der Waals surface area contributed by atoms with Gasteiger partial charge in [0.15, 0.2) is 5.69 Å². The molecule has 0 unspecified atom stereocenters. The lowest BCUT2D eigenvalue weighted by molar-refractivity contribution is 0.0691. The second kappa shape index (κ2) is 3.32. The molecule has 0 saturated heterocycles. The van der Waals surface area contributed by atoms with Crippen molar-refractivity contribution in [3.63, 3.8) is 0 Å². The summed E-state index contributed by atoms with van der Waals surface area (Å²) in [4.78, 5) is 14.7. The molecule has 0 amide bonds. The monoisotopic (exact) mass is 195 g/mol. The molecule has 0 radical (unpaired) electrons. The summed E-state index contributed by atoms with van der Waals surface area (Å²) in [7, 11) is 0. The van der Waals surface area contributed by atoms with Crippen LogP contribution in [0.2, 0.25) is 0 Å². The van der Waals surface area contributed by atoms with Crippen LogP contribution in [0.1, 0.15) is 30.3 Å². The highest BCUT2D eigenvalue weighted by molar-refractivity contribution is 5.85. The Morgan fingerprint density at radius 2 is 2.50 bits per heavy atom. The molecule has 0 spiro atoms. The molecule has 1 aliphatic carbocycles. The van der Waals surface area contributed by atoms with E-state index in [9.17, 15) is 4.79 Å². The molecule has 1 aromatic heterocycles. The Kier molecular flexibility index (Phi) is 2.15. The summed E-state index contributed by atoms with van der Waals surface area (Å²) in [6.45, 7) is 2.70. The van der Waals surface area contributed by atoms with E-state index in [4.69, 9.17) is 5.11 Å². The fraction of sp³-hybridized carbons (Fsp3) is 0.556. The van der Waals surface area contributed by atoms with E-state index in [0.29, 0.717) is 12.0 Å². The first kappa shape index (κ1) is 9.05. The lowest BCUT2D eigenvalue weighted by Crippen LogP contribution is -2.07. The van der Waals surface area contributed by atoms with E-state index in [1.54, 1.807) is 6.20 Å². The van der Waals surface area contributed by atoms with Gasteiger partial charge < -0.3 is 15.0 Å². The predicted octanol–water partition coefficient (Wildman–Crippen LogP) is 1.18. The number of hydrogen-bond acceptors (Lipinski definition) is 3. The minimum atomic E-state index is -0.976. The van der Waals surface area contributed by atoms with Gasteiger partial charge in [-0.3, -0.25) is 0 Å². The van der Waals surface area contributed by atoms with Crippen molar-refractivity contribution >= 4 is 11.9 Å². The number of aromatic nitrogens is 2. The summed E-state index contributed by atoms with van der Waals surface area (Å²) in [5.74, 6) is -0.302. The zero-order valence-corrected chi connectivity index (χ0v) is 8.03. The van der Waals surface area contributed by atoms with Gasteiger partial charge in [-0.2, -0.15) is 0 Å². The molecule has 0 aliphatic heterocycles. The van der Waals surface area contributed by atoms with Crippen molar-refractivity contribution in [2.24, 2.45) is 0 Å². The number of hydrogen-bond donors (Lipinski definition) is 2. The van der Waals surface area contributed by atoms with Gasteiger partial charge in [0.25, 0.3) is 0 Å². The molecule has 1 fully saturated rings. The predicted molar refractivity (Wildman–Crippen MR) is 51.5 cm³/mol. The minimum Gasteiger partial charge on any atom is -0.476 e. The van der Waals surface area contributed by atoms with Crippen molar-refractivity contribution in [1.29, 1.82) is 0 Å². The van der Waals surface area contributed by atoms with Gasteiger partial charge in [-0.25, -0.2) is 9.78 Å². The van der Waals surface area contributed by atoms with E-state index in [1.165, 1.54) is 0 Å². The molecule has 1 heterocycles. The highest BCUT2D eigenvalue weighted by atomic mass is 16.4. The Labute approximate surface area is 81.8 Å². The first-order chi connectivity index (χ1) is 6.70. The zero-order chi connectivity index (χ0) is 10.1. The van der Waals surface area contributed by atoms with Crippen molar-refractivity contribution in [2.75, 3.05) is 5.32 Å². The second-order valence-corrected chi connectivity index (χ2v) is 3.46. The van der Waals surface area contributed by atoms with Gasteiger partial charge >= 0.3 is 5.97 Å². The maximum Gasteiger partial charge on any atom is 0.356 e. The molecule has 5 heteroatoms. The molecule has 2 rings (SSSR count). The average Bonchev–Trinajstić information content (AvgIpc) is 2.84. The number of aromatic carboxylic acids is 1. The number of nitrogens with one attached hydrogen (secondary N) is 1. The molecule has 2 N–H and O–H groups in total. The normalized spacial score (nSPS) is 15.5. The van der Waals surface area contributed by atoms with E-state index in [-0.39, 0.29) is 5.69 Å². The number of nitrogens with zero attached hydrogens (tertiary/aromatic N) is 2. The number of carboxylic acids is 1. The molecule has 0 atom stereocenters.